The molecule has 4 rings (SSSR count). The number of benzene rings is 1. The average Bonchev–Trinajstić information content (AvgIpc) is 3.21. The van der Waals surface area contributed by atoms with E-state index in [0.29, 0.717) is 40.7 Å². The Kier molecular flexibility index (Phi) is 6.19. The number of carbonyl (C=O) groups excluding carboxylic acids is 1. The molecule has 0 aliphatic carbocycles. The Hall–Kier alpha value is -3.70. The summed E-state index contributed by atoms with van der Waals surface area (Å²) in [5, 5.41) is 11.7. The van der Waals surface area contributed by atoms with E-state index in [-0.39, 0.29) is 11.5 Å². The summed E-state index contributed by atoms with van der Waals surface area (Å²) >= 11 is 0. The van der Waals surface area contributed by atoms with E-state index >= 15 is 0 Å². The molecular weight excluding hydrogens is 404 g/mol. The molecule has 1 saturated heterocycles. The lowest BCUT2D eigenvalue weighted by atomic mass is 10.0. The number of hydrogen-bond donors (Lipinski definition) is 1. The Balaban J connectivity index is 1.48. The van der Waals surface area contributed by atoms with E-state index in [0.717, 1.165) is 13.0 Å². The number of nitrogens with zero attached hydrogens (tertiary/aromatic N) is 5. The summed E-state index contributed by atoms with van der Waals surface area (Å²) in [4.78, 5) is 33.7. The van der Waals surface area contributed by atoms with Crippen LogP contribution in [0.1, 0.15) is 35.2 Å². The maximum absolute atomic E-state index is 12.8. The van der Waals surface area contributed by atoms with Crippen molar-refractivity contribution in [3.63, 3.8) is 0 Å². The first-order valence-electron chi connectivity index (χ1n) is 10.7. The van der Waals surface area contributed by atoms with Crippen LogP contribution in [0.3, 0.4) is 0 Å². The summed E-state index contributed by atoms with van der Waals surface area (Å²) in [6, 6.07) is 12.7. The van der Waals surface area contributed by atoms with Gasteiger partial charge < -0.3 is 9.80 Å². The highest BCUT2D eigenvalue weighted by Gasteiger charge is 2.23. The zero-order valence-corrected chi connectivity index (χ0v) is 18.3. The molecule has 0 spiro atoms. The Labute approximate surface area is 186 Å². The van der Waals surface area contributed by atoms with Gasteiger partial charge in [-0.25, -0.2) is 9.67 Å². The molecule has 0 saturated carbocycles. The lowest BCUT2D eigenvalue weighted by Crippen LogP contribution is -2.45. The highest BCUT2D eigenvalue weighted by molar-refractivity contribution is 5.93. The first-order chi connectivity index (χ1) is 15.5. The molecule has 164 valence electrons. The van der Waals surface area contributed by atoms with Crippen LogP contribution in [0, 0.1) is 11.3 Å². The van der Waals surface area contributed by atoms with E-state index in [1.165, 1.54) is 17.5 Å². The number of nitriles is 1. The fraction of sp³-hybridized carbons (Fsp3) is 0.333. The second-order valence-corrected chi connectivity index (χ2v) is 8.26. The van der Waals surface area contributed by atoms with Crippen molar-refractivity contribution in [3.05, 3.63) is 70.3 Å². The molecule has 8 heteroatoms. The largest absolute Gasteiger partial charge is 0.340 e. The molecule has 1 N–H and O–H groups in total. The van der Waals surface area contributed by atoms with Crippen molar-refractivity contribution in [3.8, 4) is 23.0 Å². The minimum atomic E-state index is -0.256. The fourth-order valence-corrected chi connectivity index (χ4v) is 4.09. The van der Waals surface area contributed by atoms with E-state index in [2.05, 4.69) is 28.1 Å². The number of piperidine rings is 1. The number of pyridine rings is 1. The van der Waals surface area contributed by atoms with Crippen LogP contribution in [0.25, 0.3) is 16.9 Å². The average molecular weight is 431 g/mol. The Morgan fingerprint density at radius 1 is 1.25 bits per heavy atom. The molecule has 1 aromatic carbocycles. The number of carbonyl (C=O) groups is 1. The molecule has 8 nitrogen and oxygen atoms in total. The molecule has 1 amide bonds. The number of rotatable bonds is 5. The molecule has 32 heavy (non-hydrogen) atoms. The second-order valence-electron chi connectivity index (χ2n) is 8.26. The molecule has 3 aromatic rings. The van der Waals surface area contributed by atoms with Gasteiger partial charge in [-0.05, 0) is 56.3 Å². The molecule has 0 bridgehead atoms. The molecule has 0 radical (unpaired) electrons. The van der Waals surface area contributed by atoms with Gasteiger partial charge in [0, 0.05) is 32.0 Å². The smallest absolute Gasteiger partial charge is 0.272 e. The predicted molar refractivity (Wildman–Crippen MR) is 122 cm³/mol. The number of aromatic nitrogens is 3. The van der Waals surface area contributed by atoms with E-state index in [4.69, 9.17) is 5.26 Å². The fourth-order valence-electron chi connectivity index (χ4n) is 4.09. The topological polar surface area (TPSA) is 98.0 Å². The predicted octanol–water partition coefficient (Wildman–Crippen LogP) is 2.66. The van der Waals surface area contributed by atoms with Crippen LogP contribution < -0.4 is 5.56 Å². The molecule has 1 atom stereocenters. The summed E-state index contributed by atoms with van der Waals surface area (Å²) in [7, 11) is 3.94. The van der Waals surface area contributed by atoms with Gasteiger partial charge in [-0.15, -0.1) is 0 Å². The number of nitrogens with one attached hydrogen (secondary N) is 1. The lowest BCUT2D eigenvalue weighted by Gasteiger charge is -2.35. The van der Waals surface area contributed by atoms with Crippen LogP contribution in [0.2, 0.25) is 0 Å². The summed E-state index contributed by atoms with van der Waals surface area (Å²) in [5.74, 6) is 0.440. The molecule has 1 aliphatic rings. The monoisotopic (exact) mass is 430 g/mol. The van der Waals surface area contributed by atoms with Crippen LogP contribution in [-0.4, -0.2) is 63.7 Å². The van der Waals surface area contributed by atoms with Crippen LogP contribution in [0.5, 0.6) is 0 Å². The van der Waals surface area contributed by atoms with Gasteiger partial charge in [0.25, 0.3) is 11.5 Å². The Bertz CT molecular complexity index is 1190. The lowest BCUT2D eigenvalue weighted by molar-refractivity contribution is 0.0716. The van der Waals surface area contributed by atoms with Gasteiger partial charge in [-0.3, -0.25) is 14.7 Å². The normalized spacial score (nSPS) is 16.5. The second kappa shape index (κ2) is 9.20. The van der Waals surface area contributed by atoms with E-state index in [1.54, 1.807) is 53.7 Å². The number of amides is 1. The van der Waals surface area contributed by atoms with Gasteiger partial charge in [-0.1, -0.05) is 18.6 Å². The number of hydrogen-bond acceptors (Lipinski definition) is 5. The standard InChI is InChI=1S/C24H26N6O2/c1-28-12-4-3-5-20(28)15-29(2)24(32)19-10-11-22(26-14-19)30-16-21(23(31)27-30)18-8-6-17(13-25)7-9-18/h6-11,14,16,20H,3-5,12,15H2,1-2H3,(H,27,31). The molecule has 3 heterocycles. The van der Waals surface area contributed by atoms with E-state index in [9.17, 15) is 9.59 Å². The summed E-state index contributed by atoms with van der Waals surface area (Å²) in [6.45, 7) is 1.76. The minimum absolute atomic E-state index is 0.0673. The van der Waals surface area contributed by atoms with Gasteiger partial charge in [-0.2, -0.15) is 5.26 Å². The number of aromatic amines is 1. The minimum Gasteiger partial charge on any atom is -0.340 e. The van der Waals surface area contributed by atoms with Crippen LogP contribution in [-0.2, 0) is 0 Å². The third-order valence-electron chi connectivity index (χ3n) is 6.04. The van der Waals surface area contributed by atoms with Gasteiger partial charge in [0.2, 0.25) is 0 Å². The summed E-state index contributed by atoms with van der Waals surface area (Å²) in [6.07, 6.45) is 6.72. The van der Waals surface area contributed by atoms with Gasteiger partial charge in [0.15, 0.2) is 5.82 Å². The number of H-pyrrole nitrogens is 1. The summed E-state index contributed by atoms with van der Waals surface area (Å²) < 4.78 is 1.53. The van der Waals surface area contributed by atoms with Crippen LogP contribution >= 0.6 is 0 Å². The van der Waals surface area contributed by atoms with Crippen molar-refractivity contribution in [2.75, 3.05) is 27.2 Å². The van der Waals surface area contributed by atoms with Crippen molar-refractivity contribution in [2.45, 2.75) is 25.3 Å². The highest BCUT2D eigenvalue weighted by atomic mass is 16.2. The highest BCUT2D eigenvalue weighted by Crippen LogP contribution is 2.18. The van der Waals surface area contributed by atoms with Crippen molar-refractivity contribution in [2.24, 2.45) is 0 Å². The molecular formula is C24H26N6O2. The molecule has 1 aliphatic heterocycles. The third kappa shape index (κ3) is 4.48. The maximum atomic E-state index is 12.8. The van der Waals surface area contributed by atoms with Crippen LogP contribution in [0.4, 0.5) is 0 Å². The van der Waals surface area contributed by atoms with Crippen molar-refractivity contribution in [1.29, 1.82) is 5.26 Å². The zero-order valence-electron chi connectivity index (χ0n) is 18.3. The maximum Gasteiger partial charge on any atom is 0.272 e. The van der Waals surface area contributed by atoms with Gasteiger partial charge in [0.05, 0.1) is 22.8 Å². The third-order valence-corrected chi connectivity index (χ3v) is 6.04. The molecule has 1 fully saturated rings. The Morgan fingerprint density at radius 3 is 2.69 bits per heavy atom. The number of likely N-dealkylation sites (N-methyl/N-ethyl adjacent to an activating group) is 2. The molecule has 1 unspecified atom stereocenters. The first kappa shape index (κ1) is 21.5. The van der Waals surface area contributed by atoms with Crippen molar-refractivity contribution >= 4 is 5.91 Å². The van der Waals surface area contributed by atoms with E-state index < -0.39 is 0 Å². The van der Waals surface area contributed by atoms with Gasteiger partial charge in [0.1, 0.15) is 0 Å². The zero-order chi connectivity index (χ0) is 22.7. The molecule has 2 aromatic heterocycles. The first-order valence-corrected chi connectivity index (χ1v) is 10.7. The quantitative estimate of drug-likeness (QED) is 0.671. The SMILES string of the molecule is CN(CC1CCCCN1C)C(=O)c1ccc(-n2cc(-c3ccc(C#N)cc3)c(=O)[nH]2)nc1. The van der Waals surface area contributed by atoms with Gasteiger partial charge >= 0.3 is 0 Å². The van der Waals surface area contributed by atoms with Crippen molar-refractivity contribution < 1.29 is 4.79 Å². The van der Waals surface area contributed by atoms with Crippen molar-refractivity contribution in [1.82, 2.24) is 24.6 Å². The number of likely N-dealkylation sites (tertiary alicyclic amines) is 1. The van der Waals surface area contributed by atoms with Crippen LogP contribution in [0.15, 0.2) is 53.6 Å². The summed E-state index contributed by atoms with van der Waals surface area (Å²) in [5.41, 5.74) is 1.98. The Morgan fingerprint density at radius 2 is 2.03 bits per heavy atom. The van der Waals surface area contributed by atoms with E-state index in [1.807, 2.05) is 7.05 Å².